The van der Waals surface area contributed by atoms with Gasteiger partial charge in [-0.05, 0) is 18.2 Å². The van der Waals surface area contributed by atoms with Gasteiger partial charge in [0.05, 0.1) is 11.5 Å². The number of hydrogen-bond acceptors (Lipinski definition) is 8. The zero-order valence-electron chi connectivity index (χ0n) is 13.6. The highest BCUT2D eigenvalue weighted by molar-refractivity contribution is 7.99. The molecule has 9 heteroatoms. The number of nitro groups is 1. The lowest BCUT2D eigenvalue weighted by Crippen LogP contribution is -2.55. The predicted octanol–water partition coefficient (Wildman–Crippen LogP) is 1.60. The number of nitro benzene ring substituents is 1. The van der Waals surface area contributed by atoms with E-state index in [9.17, 15) is 25.4 Å². The molecule has 1 saturated heterocycles. The summed E-state index contributed by atoms with van der Waals surface area (Å²) in [5.41, 5.74) is 0.254. The summed E-state index contributed by atoms with van der Waals surface area (Å²) in [5.74, 6) is 0. The fraction of sp³-hybridized carbons (Fsp3) is 0.294. The van der Waals surface area contributed by atoms with Crippen LogP contribution in [0.5, 0.6) is 0 Å². The van der Waals surface area contributed by atoms with Crippen molar-refractivity contribution in [1.29, 1.82) is 0 Å². The van der Waals surface area contributed by atoms with Crippen molar-refractivity contribution in [2.24, 2.45) is 0 Å². The molecule has 2 aromatic rings. The highest BCUT2D eigenvalue weighted by atomic mass is 32.2. The average Bonchev–Trinajstić information content (AvgIpc) is 2.63. The van der Waals surface area contributed by atoms with Crippen molar-refractivity contribution in [3.63, 3.8) is 0 Å². The third kappa shape index (κ3) is 4.32. The summed E-state index contributed by atoms with van der Waals surface area (Å²) in [4.78, 5) is 12.3. The second-order valence-corrected chi connectivity index (χ2v) is 6.98. The molecule has 26 heavy (non-hydrogen) atoms. The van der Waals surface area contributed by atoms with Crippen LogP contribution < -0.4 is 5.32 Å². The maximum atomic E-state index is 11.2. The first-order valence-corrected chi connectivity index (χ1v) is 8.70. The van der Waals surface area contributed by atoms with Crippen LogP contribution in [0.3, 0.4) is 0 Å². The van der Waals surface area contributed by atoms with Crippen LogP contribution >= 0.6 is 11.8 Å². The van der Waals surface area contributed by atoms with Gasteiger partial charge < -0.3 is 25.4 Å². The summed E-state index contributed by atoms with van der Waals surface area (Å²) >= 11 is 1.36. The average molecular weight is 378 g/mol. The molecule has 138 valence electrons. The molecule has 4 atom stereocenters. The summed E-state index contributed by atoms with van der Waals surface area (Å²) in [5, 5.41) is 43.3. The first-order valence-electron chi connectivity index (χ1n) is 7.89. The molecule has 1 fully saturated rings. The van der Waals surface area contributed by atoms with E-state index in [2.05, 4.69) is 5.32 Å². The van der Waals surface area contributed by atoms with Crippen LogP contribution in [0.4, 0.5) is 11.4 Å². The van der Waals surface area contributed by atoms with Crippen molar-refractivity contribution < 1.29 is 25.0 Å². The Balaban J connectivity index is 1.83. The highest BCUT2D eigenvalue weighted by Gasteiger charge is 2.37. The van der Waals surface area contributed by atoms with Crippen molar-refractivity contribution >= 4 is 23.1 Å². The van der Waals surface area contributed by atoms with E-state index in [0.717, 1.165) is 4.90 Å². The number of hydrogen-bond donors (Lipinski definition) is 4. The molecule has 0 aromatic heterocycles. The van der Waals surface area contributed by atoms with Gasteiger partial charge in [-0.2, -0.15) is 0 Å². The topological polar surface area (TPSA) is 125 Å². The van der Waals surface area contributed by atoms with Gasteiger partial charge in [0.25, 0.3) is 5.69 Å². The monoisotopic (exact) mass is 378 g/mol. The van der Waals surface area contributed by atoms with Crippen molar-refractivity contribution in [1.82, 2.24) is 0 Å². The Hall–Kier alpha value is -2.17. The van der Waals surface area contributed by atoms with Gasteiger partial charge in [-0.3, -0.25) is 10.1 Å². The molecule has 8 nitrogen and oxygen atoms in total. The standard InChI is InChI=1S/C17H18N2O6S/c20-14-9-25-17(16(22)15(14)21)18-10-6-11(19(23)24)8-13(7-10)26-12-4-2-1-3-5-12/h1-8,14-18,20-22H,9H2/t14-,15-,16+,17+/m1/s1. The van der Waals surface area contributed by atoms with Crippen LogP contribution in [-0.4, -0.2) is 51.4 Å². The minimum Gasteiger partial charge on any atom is -0.388 e. The van der Waals surface area contributed by atoms with Gasteiger partial charge in [0.1, 0.15) is 18.3 Å². The van der Waals surface area contributed by atoms with Crippen LogP contribution in [0.1, 0.15) is 0 Å². The molecular formula is C17H18N2O6S. The summed E-state index contributed by atoms with van der Waals surface area (Å²) in [7, 11) is 0. The summed E-state index contributed by atoms with van der Waals surface area (Å²) in [6.07, 6.45) is -4.91. The van der Waals surface area contributed by atoms with Crippen LogP contribution in [-0.2, 0) is 4.74 Å². The fourth-order valence-corrected chi connectivity index (χ4v) is 3.48. The molecule has 3 rings (SSSR count). The van der Waals surface area contributed by atoms with Crippen molar-refractivity contribution in [2.75, 3.05) is 11.9 Å². The summed E-state index contributed by atoms with van der Waals surface area (Å²) in [6.45, 7) is -0.156. The Morgan fingerprint density at radius 3 is 2.50 bits per heavy atom. The normalized spacial score (nSPS) is 25.7. The molecule has 0 bridgehead atoms. The molecule has 0 amide bonds. The predicted molar refractivity (Wildman–Crippen MR) is 95.0 cm³/mol. The Bertz CT molecular complexity index is 775. The third-order valence-corrected chi connectivity index (χ3v) is 4.87. The number of nitrogens with zero attached hydrogens (tertiary/aromatic N) is 1. The van der Waals surface area contributed by atoms with E-state index in [1.165, 1.54) is 23.9 Å². The number of anilines is 1. The smallest absolute Gasteiger partial charge is 0.272 e. The van der Waals surface area contributed by atoms with Crippen LogP contribution in [0.15, 0.2) is 58.3 Å². The molecule has 0 aliphatic carbocycles. The number of rotatable bonds is 5. The minimum absolute atomic E-state index is 0.112. The third-order valence-electron chi connectivity index (χ3n) is 3.89. The van der Waals surface area contributed by atoms with E-state index in [1.807, 2.05) is 30.3 Å². The quantitative estimate of drug-likeness (QED) is 0.457. The van der Waals surface area contributed by atoms with Gasteiger partial charge in [0.2, 0.25) is 0 Å². The van der Waals surface area contributed by atoms with E-state index in [0.29, 0.717) is 10.6 Å². The van der Waals surface area contributed by atoms with Gasteiger partial charge in [-0.25, -0.2) is 0 Å². The van der Waals surface area contributed by atoms with Gasteiger partial charge in [-0.1, -0.05) is 30.0 Å². The Morgan fingerprint density at radius 2 is 1.81 bits per heavy atom. The fourth-order valence-electron chi connectivity index (χ4n) is 2.55. The van der Waals surface area contributed by atoms with Crippen molar-refractivity contribution in [3.8, 4) is 0 Å². The Labute approximate surface area is 153 Å². The zero-order valence-corrected chi connectivity index (χ0v) is 14.4. The molecular weight excluding hydrogens is 360 g/mol. The lowest BCUT2D eigenvalue weighted by molar-refractivity contribution is -0.385. The number of aliphatic hydroxyl groups excluding tert-OH is 3. The van der Waals surface area contributed by atoms with Gasteiger partial charge >= 0.3 is 0 Å². The van der Waals surface area contributed by atoms with Crippen LogP contribution in [0.25, 0.3) is 0 Å². The number of non-ortho nitro benzene ring substituents is 1. The van der Waals surface area contributed by atoms with E-state index in [-0.39, 0.29) is 12.3 Å². The van der Waals surface area contributed by atoms with Gasteiger partial charge in [-0.15, -0.1) is 0 Å². The molecule has 0 unspecified atom stereocenters. The summed E-state index contributed by atoms with van der Waals surface area (Å²) in [6, 6.07) is 13.9. The minimum atomic E-state index is -1.37. The highest BCUT2D eigenvalue weighted by Crippen LogP contribution is 2.33. The van der Waals surface area contributed by atoms with Gasteiger partial charge in [0.15, 0.2) is 6.23 Å². The first kappa shape index (κ1) is 18.6. The van der Waals surface area contributed by atoms with Crippen molar-refractivity contribution in [2.45, 2.75) is 34.3 Å². The summed E-state index contributed by atoms with van der Waals surface area (Å²) < 4.78 is 5.29. The number of ether oxygens (including phenoxy) is 1. The van der Waals surface area contributed by atoms with E-state index in [1.54, 1.807) is 6.07 Å². The second kappa shape index (κ2) is 8.02. The molecule has 1 aliphatic rings. The van der Waals surface area contributed by atoms with Crippen LogP contribution in [0, 0.1) is 10.1 Å². The lowest BCUT2D eigenvalue weighted by Gasteiger charge is -2.35. The molecule has 1 heterocycles. The van der Waals surface area contributed by atoms with E-state index >= 15 is 0 Å². The second-order valence-electron chi connectivity index (χ2n) is 5.83. The van der Waals surface area contributed by atoms with Crippen LogP contribution in [0.2, 0.25) is 0 Å². The van der Waals surface area contributed by atoms with E-state index < -0.39 is 29.5 Å². The molecule has 0 radical (unpaired) electrons. The van der Waals surface area contributed by atoms with Crippen molar-refractivity contribution in [3.05, 3.63) is 58.6 Å². The lowest BCUT2D eigenvalue weighted by atomic mass is 10.0. The van der Waals surface area contributed by atoms with Gasteiger partial charge in [0, 0.05) is 27.6 Å². The Kier molecular flexibility index (Phi) is 5.74. The number of benzene rings is 2. The molecule has 1 aliphatic heterocycles. The Morgan fingerprint density at radius 1 is 1.08 bits per heavy atom. The molecule has 0 spiro atoms. The maximum absolute atomic E-state index is 11.2. The first-order chi connectivity index (χ1) is 12.4. The number of nitrogens with one attached hydrogen (secondary N) is 1. The number of aliphatic hydroxyl groups is 3. The molecule has 4 N–H and O–H groups in total. The SMILES string of the molecule is O=[N+]([O-])c1cc(N[C@H]2OC[C@@H](O)[C@@H](O)[C@@H]2O)cc(Sc2ccccc2)c1. The molecule has 0 saturated carbocycles. The maximum Gasteiger partial charge on any atom is 0.272 e. The van der Waals surface area contributed by atoms with E-state index in [4.69, 9.17) is 4.74 Å². The zero-order chi connectivity index (χ0) is 18.7. The molecule has 2 aromatic carbocycles. The largest absolute Gasteiger partial charge is 0.388 e.